The van der Waals surface area contributed by atoms with Gasteiger partial charge in [0.2, 0.25) is 0 Å². The number of benzene rings is 2. The summed E-state index contributed by atoms with van der Waals surface area (Å²) in [5.41, 5.74) is 2.08. The van der Waals surface area contributed by atoms with E-state index in [4.69, 9.17) is 11.6 Å². The van der Waals surface area contributed by atoms with Gasteiger partial charge in [-0.15, -0.1) is 0 Å². The minimum Gasteiger partial charge on any atom is -0.384 e. The van der Waals surface area contributed by atoms with Gasteiger partial charge in [-0.05, 0) is 48.9 Å². The van der Waals surface area contributed by atoms with Gasteiger partial charge in [-0.3, -0.25) is 19.5 Å². The molecule has 2 heterocycles. The number of pyridine rings is 1. The summed E-state index contributed by atoms with van der Waals surface area (Å²) < 4.78 is 13.3. The van der Waals surface area contributed by atoms with Gasteiger partial charge < -0.3 is 5.32 Å². The van der Waals surface area contributed by atoms with Gasteiger partial charge in [0.25, 0.3) is 11.8 Å². The van der Waals surface area contributed by atoms with Crippen molar-refractivity contribution in [3.63, 3.8) is 0 Å². The van der Waals surface area contributed by atoms with Crippen molar-refractivity contribution in [3.8, 4) is 0 Å². The Hall–Kier alpha value is -2.99. The molecule has 0 radical (unpaired) electrons. The first kappa shape index (κ1) is 17.4. The van der Waals surface area contributed by atoms with Crippen LogP contribution in [0.25, 0.3) is 10.9 Å². The van der Waals surface area contributed by atoms with E-state index in [1.807, 2.05) is 12.1 Å². The van der Waals surface area contributed by atoms with E-state index in [0.717, 1.165) is 27.6 Å². The number of amides is 2. The van der Waals surface area contributed by atoms with Gasteiger partial charge in [-0.1, -0.05) is 11.6 Å². The van der Waals surface area contributed by atoms with E-state index in [-0.39, 0.29) is 23.6 Å². The van der Waals surface area contributed by atoms with Crippen LogP contribution in [-0.4, -0.2) is 34.8 Å². The van der Waals surface area contributed by atoms with E-state index < -0.39 is 11.7 Å². The number of rotatable bonds is 5. The van der Waals surface area contributed by atoms with Gasteiger partial charge in [0.1, 0.15) is 5.82 Å². The highest BCUT2D eigenvalue weighted by Crippen LogP contribution is 2.25. The summed E-state index contributed by atoms with van der Waals surface area (Å²) in [4.78, 5) is 30.1. The molecule has 0 bridgehead atoms. The number of aromatic nitrogens is 1. The smallest absolute Gasteiger partial charge is 0.261 e. The normalized spacial score (nSPS) is 13.3. The number of nitrogens with zero attached hydrogens (tertiary/aromatic N) is 2. The molecule has 3 aromatic rings. The highest BCUT2D eigenvalue weighted by atomic mass is 35.5. The monoisotopic (exact) mass is 383 g/mol. The summed E-state index contributed by atoms with van der Waals surface area (Å²) in [6.45, 7) is 0.819. The third kappa shape index (κ3) is 3.24. The molecule has 1 aliphatic rings. The molecular weight excluding hydrogens is 369 g/mol. The molecule has 2 amide bonds. The van der Waals surface area contributed by atoms with E-state index >= 15 is 0 Å². The standard InChI is InChI=1S/C20H15ClFN3O2/c21-12-2-4-15-17(6-8-24-18(15)10-12)23-7-1-9-25-19(26)14-5-3-13(22)11-16(14)20(25)27/h2-6,8,10-11H,1,7,9H2,(H,23,24). The summed E-state index contributed by atoms with van der Waals surface area (Å²) >= 11 is 5.99. The van der Waals surface area contributed by atoms with Crippen molar-refractivity contribution in [2.75, 3.05) is 18.4 Å². The van der Waals surface area contributed by atoms with Crippen LogP contribution in [0.4, 0.5) is 10.1 Å². The van der Waals surface area contributed by atoms with Gasteiger partial charge in [0.15, 0.2) is 0 Å². The largest absolute Gasteiger partial charge is 0.384 e. The lowest BCUT2D eigenvalue weighted by molar-refractivity contribution is 0.0654. The Balaban J connectivity index is 1.40. The van der Waals surface area contributed by atoms with Gasteiger partial charge in [-0.25, -0.2) is 4.39 Å². The first-order valence-electron chi connectivity index (χ1n) is 8.48. The van der Waals surface area contributed by atoms with Crippen LogP contribution < -0.4 is 5.32 Å². The summed E-state index contributed by atoms with van der Waals surface area (Å²) in [7, 11) is 0. The summed E-state index contributed by atoms with van der Waals surface area (Å²) in [5, 5.41) is 4.86. The molecule has 0 fully saturated rings. The molecule has 7 heteroatoms. The number of anilines is 1. The Bertz CT molecular complexity index is 1070. The molecule has 1 aromatic heterocycles. The van der Waals surface area contributed by atoms with E-state index in [9.17, 15) is 14.0 Å². The van der Waals surface area contributed by atoms with Crippen LogP contribution in [0, 0.1) is 5.82 Å². The summed E-state index contributed by atoms with van der Waals surface area (Å²) in [6.07, 6.45) is 2.26. The minimum absolute atomic E-state index is 0.130. The van der Waals surface area contributed by atoms with E-state index in [1.54, 1.807) is 18.3 Å². The fourth-order valence-corrected chi connectivity index (χ4v) is 3.37. The SMILES string of the molecule is O=C1c2ccc(F)cc2C(=O)N1CCCNc1ccnc2cc(Cl)ccc12. The van der Waals surface area contributed by atoms with Crippen molar-refractivity contribution in [2.24, 2.45) is 0 Å². The molecule has 0 atom stereocenters. The first-order valence-corrected chi connectivity index (χ1v) is 8.86. The average molecular weight is 384 g/mol. The number of imide groups is 1. The van der Waals surface area contributed by atoms with Gasteiger partial charge in [0, 0.05) is 35.4 Å². The molecule has 1 N–H and O–H groups in total. The number of hydrogen-bond donors (Lipinski definition) is 1. The number of halogens is 2. The third-order valence-corrected chi connectivity index (χ3v) is 4.75. The summed E-state index contributed by atoms with van der Waals surface area (Å²) in [5.74, 6) is -1.35. The van der Waals surface area contributed by atoms with E-state index in [2.05, 4.69) is 10.3 Å². The number of hydrogen-bond acceptors (Lipinski definition) is 4. The zero-order valence-corrected chi connectivity index (χ0v) is 15.0. The molecule has 2 aromatic carbocycles. The molecule has 5 nitrogen and oxygen atoms in total. The average Bonchev–Trinajstić information content (AvgIpc) is 2.89. The van der Waals surface area contributed by atoms with Crippen LogP contribution in [0.3, 0.4) is 0 Å². The van der Waals surface area contributed by atoms with Crippen LogP contribution in [0.1, 0.15) is 27.1 Å². The molecule has 136 valence electrons. The number of carbonyl (C=O) groups excluding carboxylic acids is 2. The Morgan fingerprint density at radius 2 is 1.85 bits per heavy atom. The van der Waals surface area contributed by atoms with Crippen LogP contribution in [-0.2, 0) is 0 Å². The Morgan fingerprint density at radius 1 is 1.04 bits per heavy atom. The molecule has 0 saturated heterocycles. The third-order valence-electron chi connectivity index (χ3n) is 4.51. The predicted octanol–water partition coefficient (Wildman–Crippen LogP) is 4.13. The second kappa shape index (κ2) is 6.96. The maximum absolute atomic E-state index is 13.3. The number of fused-ring (bicyclic) bond motifs is 2. The fraction of sp³-hybridized carbons (Fsp3) is 0.150. The number of nitrogens with one attached hydrogen (secondary N) is 1. The van der Waals surface area contributed by atoms with Gasteiger partial charge in [0.05, 0.1) is 16.6 Å². The van der Waals surface area contributed by atoms with Crippen LogP contribution in [0.5, 0.6) is 0 Å². The lowest BCUT2D eigenvalue weighted by Gasteiger charge is -2.15. The van der Waals surface area contributed by atoms with Crippen molar-refractivity contribution in [1.82, 2.24) is 9.88 Å². The van der Waals surface area contributed by atoms with E-state index in [1.165, 1.54) is 12.1 Å². The van der Waals surface area contributed by atoms with Gasteiger partial charge in [-0.2, -0.15) is 0 Å². The van der Waals surface area contributed by atoms with Crippen LogP contribution in [0.15, 0.2) is 48.7 Å². The number of carbonyl (C=O) groups is 2. The van der Waals surface area contributed by atoms with Crippen molar-refractivity contribution in [2.45, 2.75) is 6.42 Å². The quantitative estimate of drug-likeness (QED) is 0.531. The second-order valence-corrected chi connectivity index (χ2v) is 6.69. The van der Waals surface area contributed by atoms with Gasteiger partial charge >= 0.3 is 0 Å². The van der Waals surface area contributed by atoms with Crippen LogP contribution >= 0.6 is 11.6 Å². The minimum atomic E-state index is -0.525. The second-order valence-electron chi connectivity index (χ2n) is 6.25. The molecule has 27 heavy (non-hydrogen) atoms. The molecule has 0 saturated carbocycles. The fourth-order valence-electron chi connectivity index (χ4n) is 3.20. The Kier molecular flexibility index (Phi) is 4.49. The molecule has 0 unspecified atom stereocenters. The zero-order chi connectivity index (χ0) is 19.0. The van der Waals surface area contributed by atoms with Crippen molar-refractivity contribution < 1.29 is 14.0 Å². The topological polar surface area (TPSA) is 62.3 Å². The lowest BCUT2D eigenvalue weighted by Crippen LogP contribution is -2.31. The summed E-state index contributed by atoms with van der Waals surface area (Å²) in [6, 6.07) is 11.0. The predicted molar refractivity (Wildman–Crippen MR) is 102 cm³/mol. The molecular formula is C20H15ClFN3O2. The van der Waals surface area contributed by atoms with Crippen molar-refractivity contribution in [3.05, 3.63) is 70.6 Å². The molecule has 4 rings (SSSR count). The first-order chi connectivity index (χ1) is 13.0. The molecule has 1 aliphatic heterocycles. The lowest BCUT2D eigenvalue weighted by atomic mass is 10.1. The zero-order valence-electron chi connectivity index (χ0n) is 14.2. The maximum Gasteiger partial charge on any atom is 0.261 e. The molecule has 0 aliphatic carbocycles. The Morgan fingerprint density at radius 3 is 2.70 bits per heavy atom. The van der Waals surface area contributed by atoms with Crippen molar-refractivity contribution >= 4 is 40.0 Å². The van der Waals surface area contributed by atoms with Crippen LogP contribution in [0.2, 0.25) is 5.02 Å². The highest BCUT2D eigenvalue weighted by molar-refractivity contribution is 6.31. The molecule has 0 spiro atoms. The van der Waals surface area contributed by atoms with E-state index in [0.29, 0.717) is 18.0 Å². The maximum atomic E-state index is 13.3. The van der Waals surface area contributed by atoms with Crippen molar-refractivity contribution in [1.29, 1.82) is 0 Å². The Labute approximate surface area is 159 Å². The highest BCUT2D eigenvalue weighted by Gasteiger charge is 2.35.